The fourth-order valence-corrected chi connectivity index (χ4v) is 3.93. The number of hydrogen-bond acceptors (Lipinski definition) is 3. The molecule has 0 aliphatic carbocycles. The van der Waals surface area contributed by atoms with Crippen LogP contribution in [0.2, 0.25) is 0 Å². The highest BCUT2D eigenvalue weighted by atomic mass is 79.9. The summed E-state index contributed by atoms with van der Waals surface area (Å²) in [7, 11) is 0. The van der Waals surface area contributed by atoms with Crippen LogP contribution >= 0.6 is 27.7 Å². The Balaban J connectivity index is 2.38. The first-order valence-electron chi connectivity index (χ1n) is 6.08. The third kappa shape index (κ3) is 2.69. The van der Waals surface area contributed by atoms with Crippen molar-refractivity contribution in [1.82, 2.24) is 4.90 Å². The van der Waals surface area contributed by atoms with E-state index in [2.05, 4.69) is 15.9 Å². The number of carbonyl (C=O) groups is 2. The molecule has 7 heteroatoms. The predicted octanol–water partition coefficient (Wildman–Crippen LogP) is 2.97. The van der Waals surface area contributed by atoms with Gasteiger partial charge >= 0.3 is 5.97 Å². The van der Waals surface area contributed by atoms with E-state index in [1.54, 1.807) is 0 Å². The van der Waals surface area contributed by atoms with Crippen LogP contribution in [-0.4, -0.2) is 39.1 Å². The van der Waals surface area contributed by atoms with Crippen molar-refractivity contribution in [2.45, 2.75) is 24.8 Å². The molecule has 1 aromatic rings. The van der Waals surface area contributed by atoms with E-state index in [4.69, 9.17) is 0 Å². The third-order valence-electron chi connectivity index (χ3n) is 3.14. The van der Waals surface area contributed by atoms with Crippen LogP contribution < -0.4 is 0 Å². The molecule has 2 atom stereocenters. The van der Waals surface area contributed by atoms with Crippen LogP contribution in [0.15, 0.2) is 22.7 Å². The molecule has 2 rings (SSSR count). The number of hydrogen-bond donors (Lipinski definition) is 1. The Hall–Kier alpha value is -1.08. The van der Waals surface area contributed by atoms with Crippen molar-refractivity contribution in [3.8, 4) is 0 Å². The number of rotatable bonds is 3. The normalized spacial score (nSPS) is 22.1. The first-order chi connectivity index (χ1) is 9.47. The zero-order chi connectivity index (χ0) is 14.9. The van der Waals surface area contributed by atoms with E-state index in [1.807, 2.05) is 6.92 Å². The van der Waals surface area contributed by atoms with Gasteiger partial charge in [0.1, 0.15) is 11.9 Å². The summed E-state index contributed by atoms with van der Waals surface area (Å²) in [6, 6.07) is 3.30. The molecule has 0 radical (unpaired) electrons. The SMILES string of the molecule is CCC1SCC(C(=O)O)N1C(=O)c1cccc(F)c1Br. The molecule has 1 heterocycles. The standard InChI is InChI=1S/C13H13BrFNO3S/c1-2-10-16(9(6-20-10)13(18)19)12(17)7-4-3-5-8(15)11(7)14/h3-5,9-10H,2,6H2,1H3,(H,18,19). The molecule has 1 saturated heterocycles. The molecule has 0 saturated carbocycles. The number of nitrogens with zero attached hydrogens (tertiary/aromatic N) is 1. The van der Waals surface area contributed by atoms with Crippen LogP contribution in [-0.2, 0) is 4.79 Å². The lowest BCUT2D eigenvalue weighted by atomic mass is 10.1. The maximum absolute atomic E-state index is 13.5. The van der Waals surface area contributed by atoms with Crippen molar-refractivity contribution in [3.63, 3.8) is 0 Å². The Morgan fingerprint density at radius 2 is 2.25 bits per heavy atom. The molecule has 0 spiro atoms. The van der Waals surface area contributed by atoms with E-state index in [0.29, 0.717) is 12.2 Å². The molecule has 0 aromatic heterocycles. The Morgan fingerprint density at radius 1 is 1.55 bits per heavy atom. The molecular weight excluding hydrogens is 349 g/mol. The average molecular weight is 362 g/mol. The molecule has 1 fully saturated rings. The van der Waals surface area contributed by atoms with Gasteiger partial charge in [0.25, 0.3) is 5.91 Å². The average Bonchev–Trinajstić information content (AvgIpc) is 2.85. The monoisotopic (exact) mass is 361 g/mol. The number of thioether (sulfide) groups is 1. The van der Waals surface area contributed by atoms with Crippen LogP contribution in [0.1, 0.15) is 23.7 Å². The van der Waals surface area contributed by atoms with Gasteiger partial charge in [-0.25, -0.2) is 9.18 Å². The first-order valence-corrected chi connectivity index (χ1v) is 7.92. The molecule has 4 nitrogen and oxygen atoms in total. The second-order valence-electron chi connectivity index (χ2n) is 4.36. The summed E-state index contributed by atoms with van der Waals surface area (Å²) in [5, 5.41) is 9.03. The minimum absolute atomic E-state index is 0.0703. The van der Waals surface area contributed by atoms with Gasteiger partial charge in [0.2, 0.25) is 0 Å². The summed E-state index contributed by atoms with van der Waals surface area (Å²) in [6.45, 7) is 1.89. The molecular formula is C13H13BrFNO3S. The zero-order valence-corrected chi connectivity index (χ0v) is 13.1. The quantitative estimate of drug-likeness (QED) is 0.898. The smallest absolute Gasteiger partial charge is 0.327 e. The van der Waals surface area contributed by atoms with Crippen molar-refractivity contribution in [1.29, 1.82) is 0 Å². The number of aliphatic carboxylic acids is 1. The largest absolute Gasteiger partial charge is 0.480 e. The topological polar surface area (TPSA) is 57.6 Å². The lowest BCUT2D eigenvalue weighted by molar-refractivity contribution is -0.141. The number of carboxylic acid groups (broad SMARTS) is 1. The van der Waals surface area contributed by atoms with E-state index < -0.39 is 23.7 Å². The lowest BCUT2D eigenvalue weighted by Gasteiger charge is -2.27. The molecule has 0 bridgehead atoms. The molecule has 108 valence electrons. The Bertz CT molecular complexity index is 554. The van der Waals surface area contributed by atoms with E-state index in [1.165, 1.54) is 34.9 Å². The predicted molar refractivity (Wildman–Crippen MR) is 78.2 cm³/mol. The third-order valence-corrected chi connectivity index (χ3v) is 5.40. The van der Waals surface area contributed by atoms with Gasteiger partial charge < -0.3 is 10.0 Å². The summed E-state index contributed by atoms with van der Waals surface area (Å²) in [6.07, 6.45) is 0.646. The van der Waals surface area contributed by atoms with E-state index in [0.717, 1.165) is 0 Å². The number of halogens is 2. The number of benzene rings is 1. The highest BCUT2D eigenvalue weighted by Crippen LogP contribution is 2.34. The highest BCUT2D eigenvalue weighted by Gasteiger charge is 2.41. The summed E-state index contributed by atoms with van der Waals surface area (Å²) >= 11 is 4.49. The van der Waals surface area contributed by atoms with Crippen molar-refractivity contribution in [3.05, 3.63) is 34.1 Å². The highest BCUT2D eigenvalue weighted by molar-refractivity contribution is 9.10. The summed E-state index contributed by atoms with van der Waals surface area (Å²) < 4.78 is 13.6. The molecule has 1 amide bonds. The number of carboxylic acids is 1. The minimum atomic E-state index is -1.03. The summed E-state index contributed by atoms with van der Waals surface area (Å²) in [5.41, 5.74) is 0.150. The van der Waals surface area contributed by atoms with Gasteiger partial charge in [-0.1, -0.05) is 13.0 Å². The van der Waals surface area contributed by atoms with Gasteiger partial charge in [-0.2, -0.15) is 0 Å². The van der Waals surface area contributed by atoms with Gasteiger partial charge in [-0.15, -0.1) is 11.8 Å². The van der Waals surface area contributed by atoms with Gasteiger partial charge in [0.05, 0.1) is 15.4 Å². The van der Waals surface area contributed by atoms with Crippen LogP contribution in [0.25, 0.3) is 0 Å². The maximum atomic E-state index is 13.5. The van der Waals surface area contributed by atoms with Gasteiger partial charge in [0.15, 0.2) is 0 Å². The Labute approximate surface area is 128 Å². The fraction of sp³-hybridized carbons (Fsp3) is 0.385. The van der Waals surface area contributed by atoms with Crippen LogP contribution in [0.4, 0.5) is 4.39 Å². The second kappa shape index (κ2) is 6.13. The van der Waals surface area contributed by atoms with Crippen LogP contribution in [0.3, 0.4) is 0 Å². The van der Waals surface area contributed by atoms with Crippen LogP contribution in [0.5, 0.6) is 0 Å². The molecule has 1 aliphatic rings. The van der Waals surface area contributed by atoms with Crippen LogP contribution in [0, 0.1) is 5.82 Å². The van der Waals surface area contributed by atoms with Crippen molar-refractivity contribution in [2.24, 2.45) is 0 Å². The first kappa shape index (κ1) is 15.3. The number of amides is 1. The van der Waals surface area contributed by atoms with Crippen molar-refractivity contribution >= 4 is 39.6 Å². The molecule has 20 heavy (non-hydrogen) atoms. The van der Waals surface area contributed by atoms with E-state index in [9.17, 15) is 19.1 Å². The van der Waals surface area contributed by atoms with Crippen molar-refractivity contribution in [2.75, 3.05) is 5.75 Å². The van der Waals surface area contributed by atoms with E-state index >= 15 is 0 Å². The van der Waals surface area contributed by atoms with Crippen molar-refractivity contribution < 1.29 is 19.1 Å². The molecule has 1 aliphatic heterocycles. The molecule has 2 unspecified atom stereocenters. The summed E-state index contributed by atoms with van der Waals surface area (Å²) in [4.78, 5) is 25.2. The van der Waals surface area contributed by atoms with Gasteiger partial charge in [-0.3, -0.25) is 4.79 Å². The number of carbonyl (C=O) groups excluding carboxylic acids is 1. The van der Waals surface area contributed by atoms with Gasteiger partial charge in [-0.05, 0) is 34.5 Å². The Morgan fingerprint density at radius 3 is 2.85 bits per heavy atom. The fourth-order valence-electron chi connectivity index (χ4n) is 2.15. The Kier molecular flexibility index (Phi) is 4.70. The van der Waals surface area contributed by atoms with Gasteiger partial charge in [0, 0.05) is 5.75 Å². The van der Waals surface area contributed by atoms with E-state index in [-0.39, 0.29) is 15.4 Å². The maximum Gasteiger partial charge on any atom is 0.327 e. The summed E-state index contributed by atoms with van der Waals surface area (Å²) in [5.74, 6) is -1.68. The second-order valence-corrected chi connectivity index (χ2v) is 6.37. The zero-order valence-electron chi connectivity index (χ0n) is 10.7. The minimum Gasteiger partial charge on any atom is -0.480 e. The molecule has 1 N–H and O–H groups in total. The molecule has 1 aromatic carbocycles. The lowest BCUT2D eigenvalue weighted by Crippen LogP contribution is -2.45.